The lowest BCUT2D eigenvalue weighted by molar-refractivity contribution is 0.170. The number of rotatable bonds is 5. The Labute approximate surface area is 128 Å². The van der Waals surface area contributed by atoms with Crippen LogP contribution in [0.3, 0.4) is 0 Å². The molecule has 1 aliphatic rings. The summed E-state index contributed by atoms with van der Waals surface area (Å²) in [7, 11) is 0. The summed E-state index contributed by atoms with van der Waals surface area (Å²) in [5.41, 5.74) is 1.86. The van der Waals surface area contributed by atoms with Gasteiger partial charge >= 0.3 is 0 Å². The van der Waals surface area contributed by atoms with Crippen LogP contribution >= 0.6 is 11.6 Å². The van der Waals surface area contributed by atoms with E-state index >= 15 is 0 Å². The van der Waals surface area contributed by atoms with Crippen LogP contribution in [0.5, 0.6) is 11.5 Å². The minimum absolute atomic E-state index is 0.264. The van der Waals surface area contributed by atoms with Crippen molar-refractivity contribution >= 4 is 11.6 Å². The summed E-state index contributed by atoms with van der Waals surface area (Å²) < 4.78 is 10.8. The van der Waals surface area contributed by atoms with Gasteiger partial charge in [0.1, 0.15) is 0 Å². The number of hydrogen-bond donors (Lipinski definition) is 2. The molecule has 0 radical (unpaired) electrons. The summed E-state index contributed by atoms with van der Waals surface area (Å²) in [5.74, 6) is 1.55. The minimum atomic E-state index is -0.573. The second-order valence-corrected chi connectivity index (χ2v) is 5.29. The van der Waals surface area contributed by atoms with Gasteiger partial charge in [-0.2, -0.15) is 0 Å². The zero-order valence-corrected chi connectivity index (χ0v) is 12.1. The van der Waals surface area contributed by atoms with E-state index in [1.165, 1.54) is 0 Å². The van der Waals surface area contributed by atoms with Gasteiger partial charge in [0.25, 0.3) is 0 Å². The van der Waals surface area contributed by atoms with Crippen molar-refractivity contribution in [2.45, 2.75) is 12.6 Å². The Balaban J connectivity index is 1.57. The Hall–Kier alpha value is -1.75. The molecule has 5 heteroatoms. The minimum Gasteiger partial charge on any atom is -0.454 e. The fourth-order valence-electron chi connectivity index (χ4n) is 2.28. The number of fused-ring (bicyclic) bond motifs is 1. The van der Waals surface area contributed by atoms with E-state index < -0.39 is 6.10 Å². The van der Waals surface area contributed by atoms with E-state index in [0.29, 0.717) is 18.1 Å². The van der Waals surface area contributed by atoms with Gasteiger partial charge in [-0.1, -0.05) is 35.9 Å². The van der Waals surface area contributed by atoms with Crippen molar-refractivity contribution in [2.24, 2.45) is 0 Å². The molecule has 110 valence electrons. The molecule has 0 fully saturated rings. The molecule has 1 aliphatic heterocycles. The SMILES string of the molecule is OC(CNCc1cccc2c1OCO2)c1ccc(Cl)cc1. The van der Waals surface area contributed by atoms with E-state index in [1.54, 1.807) is 12.1 Å². The molecule has 0 spiro atoms. The Morgan fingerprint density at radius 3 is 2.76 bits per heavy atom. The number of aliphatic hydroxyl groups is 1. The third kappa shape index (κ3) is 3.29. The largest absolute Gasteiger partial charge is 0.454 e. The molecule has 2 aromatic rings. The van der Waals surface area contributed by atoms with Gasteiger partial charge in [0, 0.05) is 23.7 Å². The average molecular weight is 306 g/mol. The van der Waals surface area contributed by atoms with Crippen molar-refractivity contribution in [3.05, 3.63) is 58.6 Å². The Kier molecular flexibility index (Phi) is 4.29. The molecule has 1 heterocycles. The van der Waals surface area contributed by atoms with Crippen LogP contribution in [0, 0.1) is 0 Å². The Morgan fingerprint density at radius 2 is 1.95 bits per heavy atom. The van der Waals surface area contributed by atoms with Crippen molar-refractivity contribution < 1.29 is 14.6 Å². The molecule has 0 bridgehead atoms. The maximum absolute atomic E-state index is 10.1. The fraction of sp³-hybridized carbons (Fsp3) is 0.250. The zero-order valence-electron chi connectivity index (χ0n) is 11.4. The van der Waals surface area contributed by atoms with Gasteiger partial charge in [-0.3, -0.25) is 0 Å². The second-order valence-electron chi connectivity index (χ2n) is 4.85. The third-order valence-corrected chi connectivity index (χ3v) is 3.64. The summed E-state index contributed by atoms with van der Waals surface area (Å²) in [6.45, 7) is 1.32. The molecule has 1 unspecified atom stereocenters. The van der Waals surface area contributed by atoms with Gasteiger partial charge in [-0.15, -0.1) is 0 Å². The highest BCUT2D eigenvalue weighted by Gasteiger charge is 2.17. The van der Waals surface area contributed by atoms with Crippen LogP contribution in [-0.4, -0.2) is 18.4 Å². The summed E-state index contributed by atoms with van der Waals surface area (Å²) in [6.07, 6.45) is -0.573. The van der Waals surface area contributed by atoms with E-state index in [9.17, 15) is 5.11 Å². The van der Waals surface area contributed by atoms with Crippen LogP contribution in [-0.2, 0) is 6.54 Å². The molecule has 2 aromatic carbocycles. The smallest absolute Gasteiger partial charge is 0.231 e. The van der Waals surface area contributed by atoms with Crippen LogP contribution in [0.25, 0.3) is 0 Å². The fourth-order valence-corrected chi connectivity index (χ4v) is 2.40. The topological polar surface area (TPSA) is 50.7 Å². The van der Waals surface area contributed by atoms with E-state index in [4.69, 9.17) is 21.1 Å². The molecular weight excluding hydrogens is 290 g/mol. The van der Waals surface area contributed by atoms with Gasteiger partial charge < -0.3 is 19.9 Å². The van der Waals surface area contributed by atoms with Gasteiger partial charge in [-0.05, 0) is 23.8 Å². The molecule has 3 rings (SSSR count). The van der Waals surface area contributed by atoms with Gasteiger partial charge in [0.05, 0.1) is 6.10 Å². The number of para-hydroxylation sites is 1. The summed E-state index contributed by atoms with van der Waals surface area (Å²) in [6, 6.07) is 13.0. The quantitative estimate of drug-likeness (QED) is 0.892. The van der Waals surface area contributed by atoms with Gasteiger partial charge in [-0.25, -0.2) is 0 Å². The molecule has 0 saturated carbocycles. The number of aliphatic hydroxyl groups excluding tert-OH is 1. The number of nitrogens with one attached hydrogen (secondary N) is 1. The van der Waals surface area contributed by atoms with E-state index in [-0.39, 0.29) is 6.79 Å². The maximum atomic E-state index is 10.1. The molecule has 1 atom stereocenters. The maximum Gasteiger partial charge on any atom is 0.231 e. The van der Waals surface area contributed by atoms with Crippen LogP contribution < -0.4 is 14.8 Å². The number of benzene rings is 2. The summed E-state index contributed by atoms with van der Waals surface area (Å²) >= 11 is 5.83. The summed E-state index contributed by atoms with van der Waals surface area (Å²) in [4.78, 5) is 0. The Morgan fingerprint density at radius 1 is 1.14 bits per heavy atom. The van der Waals surface area contributed by atoms with E-state index in [0.717, 1.165) is 22.6 Å². The summed E-state index contributed by atoms with van der Waals surface area (Å²) in [5, 5.41) is 14.0. The second kappa shape index (κ2) is 6.35. The Bertz CT molecular complexity index is 615. The lowest BCUT2D eigenvalue weighted by atomic mass is 10.1. The molecular formula is C16H16ClNO3. The molecule has 2 N–H and O–H groups in total. The molecule has 0 aliphatic carbocycles. The molecule has 0 aromatic heterocycles. The van der Waals surface area contributed by atoms with Gasteiger partial charge in [0.2, 0.25) is 6.79 Å². The van der Waals surface area contributed by atoms with Gasteiger partial charge in [0.15, 0.2) is 11.5 Å². The molecule has 21 heavy (non-hydrogen) atoms. The van der Waals surface area contributed by atoms with E-state index in [2.05, 4.69) is 5.32 Å². The lowest BCUT2D eigenvalue weighted by Crippen LogP contribution is -2.21. The van der Waals surface area contributed by atoms with Crippen molar-refractivity contribution in [1.29, 1.82) is 0 Å². The normalized spacial score (nSPS) is 14.2. The molecule has 0 amide bonds. The molecule has 4 nitrogen and oxygen atoms in total. The van der Waals surface area contributed by atoms with E-state index in [1.807, 2.05) is 30.3 Å². The van der Waals surface area contributed by atoms with Crippen LogP contribution in [0.4, 0.5) is 0 Å². The predicted molar refractivity (Wildman–Crippen MR) is 80.7 cm³/mol. The zero-order chi connectivity index (χ0) is 14.7. The highest BCUT2D eigenvalue weighted by Crippen LogP contribution is 2.35. The first kappa shape index (κ1) is 14.2. The van der Waals surface area contributed by atoms with Crippen molar-refractivity contribution in [3.63, 3.8) is 0 Å². The first-order valence-corrected chi connectivity index (χ1v) is 7.13. The first-order valence-electron chi connectivity index (χ1n) is 6.76. The lowest BCUT2D eigenvalue weighted by Gasteiger charge is -2.13. The average Bonchev–Trinajstić information content (AvgIpc) is 2.97. The molecule has 0 saturated heterocycles. The van der Waals surface area contributed by atoms with Crippen molar-refractivity contribution in [1.82, 2.24) is 5.32 Å². The monoisotopic (exact) mass is 305 g/mol. The third-order valence-electron chi connectivity index (χ3n) is 3.39. The highest BCUT2D eigenvalue weighted by molar-refractivity contribution is 6.30. The van der Waals surface area contributed by atoms with Crippen LogP contribution in [0.1, 0.15) is 17.2 Å². The predicted octanol–water partition coefficient (Wildman–Crippen LogP) is 2.89. The van der Waals surface area contributed by atoms with Crippen molar-refractivity contribution in [2.75, 3.05) is 13.3 Å². The number of hydrogen-bond acceptors (Lipinski definition) is 4. The van der Waals surface area contributed by atoms with Crippen molar-refractivity contribution in [3.8, 4) is 11.5 Å². The standard InChI is InChI=1S/C16H16ClNO3/c17-13-6-4-11(5-7-13)14(19)9-18-8-12-2-1-3-15-16(12)21-10-20-15/h1-7,14,18-19H,8-10H2. The van der Waals surface area contributed by atoms with Crippen LogP contribution in [0.15, 0.2) is 42.5 Å². The highest BCUT2D eigenvalue weighted by atomic mass is 35.5. The van der Waals surface area contributed by atoms with Crippen LogP contribution in [0.2, 0.25) is 5.02 Å². The number of ether oxygens (including phenoxy) is 2. The number of halogens is 1. The first-order chi connectivity index (χ1) is 10.2.